The molecule has 1 N–H and O–H groups in total. The van der Waals surface area contributed by atoms with E-state index < -0.39 is 5.41 Å². The van der Waals surface area contributed by atoms with E-state index in [2.05, 4.69) is 136 Å². The van der Waals surface area contributed by atoms with Crippen molar-refractivity contribution in [2.45, 2.75) is 16.5 Å². The molecule has 5 heterocycles. The van der Waals surface area contributed by atoms with Crippen molar-refractivity contribution in [3.05, 3.63) is 221 Å². The van der Waals surface area contributed by atoms with Crippen molar-refractivity contribution < 1.29 is 0 Å². The van der Waals surface area contributed by atoms with Crippen LogP contribution in [-0.2, 0) is 5.41 Å². The summed E-state index contributed by atoms with van der Waals surface area (Å²) in [5.41, 5.74) is 13.6. The third-order valence-electron chi connectivity index (χ3n) is 10.6. The molecule has 1 aliphatic carbocycles. The van der Waals surface area contributed by atoms with Crippen LogP contribution in [0.1, 0.15) is 39.5 Å². The fraction of sp³-hybridized carbons (Fsp3) is 0.0408. The van der Waals surface area contributed by atoms with Gasteiger partial charge in [-0.3, -0.25) is 9.97 Å². The van der Waals surface area contributed by atoms with E-state index in [0.717, 1.165) is 55.5 Å². The van der Waals surface area contributed by atoms with Crippen molar-refractivity contribution in [1.29, 1.82) is 0 Å². The first-order valence-corrected chi connectivity index (χ1v) is 19.4. The monoisotopic (exact) mass is 738 g/mol. The first kappa shape index (κ1) is 33.6. The summed E-state index contributed by atoms with van der Waals surface area (Å²) in [6, 6.07) is 47.0. The lowest BCUT2D eigenvalue weighted by molar-refractivity contribution is 0.745. The summed E-state index contributed by atoms with van der Waals surface area (Å²) in [5, 5.41) is 5.46. The molecule has 7 heteroatoms. The van der Waals surface area contributed by atoms with E-state index in [1.165, 1.54) is 27.8 Å². The number of pyridine rings is 3. The van der Waals surface area contributed by atoms with Gasteiger partial charge >= 0.3 is 0 Å². The number of fused-ring (bicyclic) bond motifs is 7. The maximum atomic E-state index is 5.10. The first-order chi connectivity index (χ1) is 27.7. The molecule has 10 rings (SSSR count). The molecule has 266 valence electrons. The van der Waals surface area contributed by atoms with Gasteiger partial charge in [-0.2, -0.15) is 0 Å². The molecular weight excluding hydrogens is 705 g/mol. The Labute approximate surface area is 329 Å². The van der Waals surface area contributed by atoms with Gasteiger partial charge in [0, 0.05) is 46.4 Å². The van der Waals surface area contributed by atoms with E-state index in [1.807, 2.05) is 67.3 Å². The van der Waals surface area contributed by atoms with Gasteiger partial charge in [0.05, 0.1) is 23.1 Å². The summed E-state index contributed by atoms with van der Waals surface area (Å²) in [6.07, 6.45) is 17.7. The summed E-state index contributed by atoms with van der Waals surface area (Å²) in [4.78, 5) is 24.6. The van der Waals surface area contributed by atoms with Crippen LogP contribution in [0.15, 0.2) is 203 Å². The maximum Gasteiger partial charge on any atom is 0.169 e. The van der Waals surface area contributed by atoms with Crippen LogP contribution in [0.25, 0.3) is 39.2 Å². The maximum absolute atomic E-state index is 5.10. The number of nitrogens with zero attached hydrogens (tertiary/aromatic N) is 5. The van der Waals surface area contributed by atoms with Gasteiger partial charge < -0.3 is 5.32 Å². The minimum atomic E-state index is -0.542. The second-order valence-electron chi connectivity index (χ2n) is 13.8. The molecule has 6 nitrogen and oxygen atoms in total. The summed E-state index contributed by atoms with van der Waals surface area (Å²) >= 11 is 1.73. The molecular formula is C49H34N6S. The van der Waals surface area contributed by atoms with Crippen molar-refractivity contribution in [2.24, 2.45) is 9.98 Å². The molecule has 3 aliphatic rings. The van der Waals surface area contributed by atoms with Gasteiger partial charge in [0.15, 0.2) is 6.17 Å². The number of benzene rings is 4. The fourth-order valence-corrected chi connectivity index (χ4v) is 8.91. The highest BCUT2D eigenvalue weighted by Crippen LogP contribution is 2.55. The smallest absolute Gasteiger partial charge is 0.169 e. The lowest BCUT2D eigenvalue weighted by Gasteiger charge is -2.32. The van der Waals surface area contributed by atoms with Gasteiger partial charge in [-0.15, -0.1) is 0 Å². The molecule has 0 bridgehead atoms. The fourth-order valence-electron chi connectivity index (χ4n) is 7.99. The Morgan fingerprint density at radius 3 is 1.91 bits per heavy atom. The van der Waals surface area contributed by atoms with Gasteiger partial charge in [0.2, 0.25) is 0 Å². The Morgan fingerprint density at radius 2 is 1.23 bits per heavy atom. The zero-order chi connectivity index (χ0) is 37.3. The number of hydrogen-bond acceptors (Lipinski definition) is 7. The van der Waals surface area contributed by atoms with Crippen LogP contribution in [0.5, 0.6) is 0 Å². The van der Waals surface area contributed by atoms with E-state index in [-0.39, 0.29) is 6.17 Å². The van der Waals surface area contributed by atoms with Crippen LogP contribution >= 0.6 is 11.8 Å². The lowest BCUT2D eigenvalue weighted by Crippen LogP contribution is -2.27. The molecule has 4 aromatic carbocycles. The zero-order valence-corrected chi connectivity index (χ0v) is 31.0. The van der Waals surface area contributed by atoms with Gasteiger partial charge in [0.1, 0.15) is 5.84 Å². The third kappa shape index (κ3) is 5.99. The molecule has 1 spiro atoms. The summed E-state index contributed by atoms with van der Waals surface area (Å²) in [7, 11) is 0. The van der Waals surface area contributed by atoms with E-state index in [0.29, 0.717) is 0 Å². The Kier molecular flexibility index (Phi) is 8.61. The van der Waals surface area contributed by atoms with Gasteiger partial charge in [0.25, 0.3) is 0 Å². The number of aliphatic imine (C=N–C) groups is 2. The average molecular weight is 739 g/mol. The van der Waals surface area contributed by atoms with Crippen LogP contribution in [0.3, 0.4) is 0 Å². The normalized spacial score (nSPS) is 18.3. The van der Waals surface area contributed by atoms with E-state index in [9.17, 15) is 0 Å². The minimum absolute atomic E-state index is 0.378. The van der Waals surface area contributed by atoms with E-state index >= 15 is 0 Å². The predicted octanol–water partition coefficient (Wildman–Crippen LogP) is 10.9. The van der Waals surface area contributed by atoms with Crippen molar-refractivity contribution in [2.75, 3.05) is 0 Å². The second kappa shape index (κ2) is 14.4. The number of aromatic nitrogens is 3. The predicted molar refractivity (Wildman–Crippen MR) is 228 cm³/mol. The molecule has 0 radical (unpaired) electrons. The van der Waals surface area contributed by atoms with Crippen LogP contribution in [0, 0.1) is 0 Å². The first-order valence-electron chi connectivity index (χ1n) is 18.6. The average Bonchev–Trinajstić information content (AvgIpc) is 3.56. The molecule has 2 aliphatic heterocycles. The van der Waals surface area contributed by atoms with Crippen LogP contribution in [0.2, 0.25) is 0 Å². The number of allylic oxidation sites excluding steroid dienone is 5. The molecule has 1 unspecified atom stereocenters. The molecule has 56 heavy (non-hydrogen) atoms. The Hall–Kier alpha value is -6.96. The Balaban J connectivity index is 1.15. The van der Waals surface area contributed by atoms with Crippen LogP contribution in [-0.4, -0.2) is 27.1 Å². The Morgan fingerprint density at radius 1 is 0.589 bits per heavy atom. The van der Waals surface area contributed by atoms with Gasteiger partial charge in [-0.05, 0) is 98.5 Å². The Bertz CT molecular complexity index is 2650. The quantitative estimate of drug-likeness (QED) is 0.190. The highest BCUT2D eigenvalue weighted by molar-refractivity contribution is 8.02. The van der Waals surface area contributed by atoms with Gasteiger partial charge in [-0.25, -0.2) is 15.0 Å². The second-order valence-corrected chi connectivity index (χ2v) is 14.7. The van der Waals surface area contributed by atoms with Crippen LogP contribution < -0.4 is 5.32 Å². The SMILES string of the molecule is C1=NC(c2ccc3c(c2)S/C=C/C(c2cc(-c4ccncc4)nc(-c4ccncc4)c2)=C\C=C\C32c3ccccc3-c3ccccc32)N=C(c2ccccc2)N1. The number of thioether (sulfide) groups is 1. The van der Waals surface area contributed by atoms with E-state index in [1.54, 1.807) is 18.1 Å². The highest BCUT2D eigenvalue weighted by Gasteiger charge is 2.44. The molecule has 0 fully saturated rings. The van der Waals surface area contributed by atoms with Crippen molar-refractivity contribution in [1.82, 2.24) is 20.3 Å². The molecule has 0 saturated carbocycles. The lowest BCUT2D eigenvalue weighted by atomic mass is 9.72. The standard InChI is InChI=1S/C49H34N6S/c1-2-9-36(10-3-1)47-52-32-53-48(55-47)37-16-17-43-46(31-37)56-28-22-33(11-8-23-49(43)41-14-6-4-12-39(41)40-13-5-7-15-42(40)49)38-29-44(34-18-24-50-25-19-34)54-45(30-38)35-20-26-51-27-21-35/h1-32,48H,(H,52,53,55)/b23-8+,28-22+,33-11+. The summed E-state index contributed by atoms with van der Waals surface area (Å²) < 4.78 is 0. The van der Waals surface area contributed by atoms with E-state index in [4.69, 9.17) is 15.0 Å². The third-order valence-corrected chi connectivity index (χ3v) is 11.5. The number of nitrogens with one attached hydrogen (secondary N) is 1. The molecule has 0 amide bonds. The zero-order valence-electron chi connectivity index (χ0n) is 30.2. The molecule has 3 aromatic heterocycles. The van der Waals surface area contributed by atoms with Crippen LogP contribution in [0.4, 0.5) is 0 Å². The minimum Gasteiger partial charge on any atom is -0.331 e. The topological polar surface area (TPSA) is 75.4 Å². The largest absolute Gasteiger partial charge is 0.331 e. The van der Waals surface area contributed by atoms with Crippen molar-refractivity contribution >= 4 is 29.5 Å². The molecule has 7 aromatic rings. The molecule has 0 saturated heterocycles. The number of amidine groups is 1. The molecule has 1 atom stereocenters. The van der Waals surface area contributed by atoms with Crippen molar-refractivity contribution in [3.8, 4) is 33.6 Å². The number of hydrogen-bond donors (Lipinski definition) is 1. The van der Waals surface area contributed by atoms with Crippen molar-refractivity contribution in [3.63, 3.8) is 0 Å². The summed E-state index contributed by atoms with van der Waals surface area (Å²) in [5.74, 6) is 0.806. The number of rotatable bonds is 5. The van der Waals surface area contributed by atoms with Gasteiger partial charge in [-0.1, -0.05) is 121 Å². The summed E-state index contributed by atoms with van der Waals surface area (Å²) in [6.45, 7) is 0. The highest BCUT2D eigenvalue weighted by atomic mass is 32.2.